The lowest BCUT2D eigenvalue weighted by atomic mass is 9.99. The number of rotatable bonds is 5. The van der Waals surface area contributed by atoms with Gasteiger partial charge in [-0.15, -0.1) is 0 Å². The first-order valence-electron chi connectivity index (χ1n) is 9.60. The number of amides is 1. The first-order valence-corrected chi connectivity index (χ1v) is 9.60. The van der Waals surface area contributed by atoms with Crippen molar-refractivity contribution in [1.82, 2.24) is 15.0 Å². The second-order valence-electron chi connectivity index (χ2n) is 7.07. The van der Waals surface area contributed by atoms with Crippen LogP contribution < -0.4 is 0 Å². The van der Waals surface area contributed by atoms with Crippen molar-refractivity contribution in [2.75, 3.05) is 6.54 Å². The van der Waals surface area contributed by atoms with Gasteiger partial charge < -0.3 is 9.42 Å². The Kier molecular flexibility index (Phi) is 4.88. The van der Waals surface area contributed by atoms with Crippen LogP contribution in [0.1, 0.15) is 62.3 Å². The fourth-order valence-corrected chi connectivity index (χ4v) is 3.99. The standard InChI is InChI=1S/C21H23N3O3/c1-2-19-22-21(27-23-19)17-9-6-12-24(17)20(26)13-16-15(10-11-18(16)25)14-7-4-3-5-8-14/h3-5,7-8,17H,2,6,9-13H2,1H3/t17-/m0/s1. The number of allylic oxidation sites excluding steroid dienone is 1. The third-order valence-corrected chi connectivity index (χ3v) is 5.41. The van der Waals surface area contributed by atoms with Crippen LogP contribution in [0.15, 0.2) is 40.4 Å². The van der Waals surface area contributed by atoms with Gasteiger partial charge >= 0.3 is 0 Å². The van der Waals surface area contributed by atoms with Gasteiger partial charge in [-0.05, 0) is 30.4 Å². The zero-order valence-corrected chi connectivity index (χ0v) is 15.5. The SMILES string of the molecule is CCc1noc([C@@H]2CCCN2C(=O)CC2=C(c3ccccc3)CCC2=O)n1. The molecule has 0 bridgehead atoms. The van der Waals surface area contributed by atoms with Crippen LogP contribution in [0.4, 0.5) is 0 Å². The number of carbonyl (C=O) groups is 2. The van der Waals surface area contributed by atoms with E-state index in [9.17, 15) is 9.59 Å². The molecular weight excluding hydrogens is 342 g/mol. The molecule has 140 valence electrons. The minimum atomic E-state index is -0.178. The summed E-state index contributed by atoms with van der Waals surface area (Å²) in [6.07, 6.45) is 3.76. The van der Waals surface area contributed by atoms with E-state index in [1.165, 1.54) is 0 Å². The summed E-state index contributed by atoms with van der Waals surface area (Å²) in [7, 11) is 0. The summed E-state index contributed by atoms with van der Waals surface area (Å²) in [4.78, 5) is 31.7. The summed E-state index contributed by atoms with van der Waals surface area (Å²) in [5.74, 6) is 1.22. The van der Waals surface area contributed by atoms with E-state index in [2.05, 4.69) is 10.1 Å². The molecular formula is C21H23N3O3. The number of nitrogens with zero attached hydrogens (tertiary/aromatic N) is 3. The summed E-state index contributed by atoms with van der Waals surface area (Å²) < 4.78 is 5.37. The van der Waals surface area contributed by atoms with Crippen molar-refractivity contribution >= 4 is 17.3 Å². The summed E-state index contributed by atoms with van der Waals surface area (Å²) in [6, 6.07) is 9.70. The van der Waals surface area contributed by atoms with E-state index >= 15 is 0 Å². The molecule has 0 unspecified atom stereocenters. The quantitative estimate of drug-likeness (QED) is 0.810. The number of hydrogen-bond acceptors (Lipinski definition) is 5. The number of carbonyl (C=O) groups excluding carboxylic acids is 2. The first-order chi connectivity index (χ1) is 13.2. The number of aromatic nitrogens is 2. The molecule has 2 aromatic rings. The predicted octanol–water partition coefficient (Wildman–Crippen LogP) is 3.50. The number of Topliss-reactive ketones (excluding diaryl/α,β-unsaturated/α-hetero) is 1. The molecule has 1 aromatic heterocycles. The second kappa shape index (κ2) is 7.47. The highest BCUT2D eigenvalue weighted by Crippen LogP contribution is 2.36. The Morgan fingerprint density at radius 3 is 2.81 bits per heavy atom. The van der Waals surface area contributed by atoms with Gasteiger partial charge in [-0.25, -0.2) is 0 Å². The second-order valence-corrected chi connectivity index (χ2v) is 7.07. The van der Waals surface area contributed by atoms with Crippen LogP contribution in [0.5, 0.6) is 0 Å². The number of aryl methyl sites for hydroxylation is 1. The molecule has 2 aliphatic rings. The van der Waals surface area contributed by atoms with Crippen LogP contribution in [-0.2, 0) is 16.0 Å². The molecule has 0 radical (unpaired) electrons. The van der Waals surface area contributed by atoms with E-state index in [0.717, 1.165) is 24.0 Å². The lowest BCUT2D eigenvalue weighted by Gasteiger charge is -2.22. The molecule has 0 N–H and O–H groups in total. The molecule has 6 nitrogen and oxygen atoms in total. The molecule has 1 aliphatic heterocycles. The zero-order valence-electron chi connectivity index (χ0n) is 15.5. The minimum Gasteiger partial charge on any atom is -0.337 e. The highest BCUT2D eigenvalue weighted by Gasteiger charge is 2.35. The topological polar surface area (TPSA) is 76.3 Å². The molecule has 1 aliphatic carbocycles. The molecule has 1 fully saturated rings. The van der Waals surface area contributed by atoms with Gasteiger partial charge in [-0.2, -0.15) is 4.98 Å². The lowest BCUT2D eigenvalue weighted by molar-refractivity contribution is -0.132. The zero-order chi connectivity index (χ0) is 18.8. The largest absolute Gasteiger partial charge is 0.337 e. The van der Waals surface area contributed by atoms with Gasteiger partial charge in [0.05, 0.1) is 6.42 Å². The van der Waals surface area contributed by atoms with Crippen LogP contribution in [0.3, 0.4) is 0 Å². The number of likely N-dealkylation sites (tertiary alicyclic amines) is 1. The Hall–Kier alpha value is -2.76. The molecule has 1 amide bonds. The third-order valence-electron chi connectivity index (χ3n) is 5.41. The highest BCUT2D eigenvalue weighted by atomic mass is 16.5. The minimum absolute atomic E-state index is 0.0348. The summed E-state index contributed by atoms with van der Waals surface area (Å²) in [5.41, 5.74) is 2.71. The molecule has 6 heteroatoms. The maximum absolute atomic E-state index is 13.0. The molecule has 0 spiro atoms. The highest BCUT2D eigenvalue weighted by molar-refractivity contribution is 6.10. The van der Waals surface area contributed by atoms with Gasteiger partial charge in [-0.1, -0.05) is 42.4 Å². The molecule has 27 heavy (non-hydrogen) atoms. The fourth-order valence-electron chi connectivity index (χ4n) is 3.99. The van der Waals surface area contributed by atoms with E-state index in [0.29, 0.717) is 43.1 Å². The Balaban J connectivity index is 1.56. The molecule has 1 aromatic carbocycles. The Bertz CT molecular complexity index is 885. The van der Waals surface area contributed by atoms with Crippen LogP contribution >= 0.6 is 0 Å². The van der Waals surface area contributed by atoms with Crippen molar-refractivity contribution in [3.8, 4) is 0 Å². The van der Waals surface area contributed by atoms with Crippen LogP contribution in [0, 0.1) is 0 Å². The summed E-state index contributed by atoms with van der Waals surface area (Å²) in [5, 5.41) is 3.95. The van der Waals surface area contributed by atoms with E-state index < -0.39 is 0 Å². The van der Waals surface area contributed by atoms with Gasteiger partial charge in [0.25, 0.3) is 0 Å². The van der Waals surface area contributed by atoms with Crippen molar-refractivity contribution in [1.29, 1.82) is 0 Å². The van der Waals surface area contributed by atoms with Crippen LogP contribution in [0.25, 0.3) is 5.57 Å². The smallest absolute Gasteiger partial charge is 0.249 e. The molecule has 0 saturated carbocycles. The van der Waals surface area contributed by atoms with E-state index in [1.54, 1.807) is 4.90 Å². The van der Waals surface area contributed by atoms with E-state index in [4.69, 9.17) is 4.52 Å². The Labute approximate surface area is 158 Å². The summed E-state index contributed by atoms with van der Waals surface area (Å²) >= 11 is 0. The van der Waals surface area contributed by atoms with Gasteiger partial charge in [-0.3, -0.25) is 9.59 Å². The maximum Gasteiger partial charge on any atom is 0.249 e. The fraction of sp³-hybridized carbons (Fsp3) is 0.429. The van der Waals surface area contributed by atoms with Crippen molar-refractivity contribution in [3.63, 3.8) is 0 Å². The van der Waals surface area contributed by atoms with Gasteiger partial charge in [0.2, 0.25) is 11.8 Å². The Morgan fingerprint density at radius 1 is 1.26 bits per heavy atom. The van der Waals surface area contributed by atoms with Crippen LogP contribution in [-0.4, -0.2) is 33.3 Å². The van der Waals surface area contributed by atoms with E-state index in [1.807, 2.05) is 37.3 Å². The maximum atomic E-state index is 13.0. The van der Waals surface area contributed by atoms with Gasteiger partial charge in [0.1, 0.15) is 6.04 Å². The van der Waals surface area contributed by atoms with Gasteiger partial charge in [0, 0.05) is 25.0 Å². The predicted molar refractivity (Wildman–Crippen MR) is 99.6 cm³/mol. The Morgan fingerprint density at radius 2 is 2.07 bits per heavy atom. The summed E-state index contributed by atoms with van der Waals surface area (Å²) in [6.45, 7) is 2.63. The molecule has 4 rings (SSSR count). The van der Waals surface area contributed by atoms with Crippen molar-refractivity contribution in [3.05, 3.63) is 53.2 Å². The van der Waals surface area contributed by atoms with Crippen molar-refractivity contribution in [2.24, 2.45) is 0 Å². The van der Waals surface area contributed by atoms with Crippen molar-refractivity contribution < 1.29 is 14.1 Å². The lowest BCUT2D eigenvalue weighted by Crippen LogP contribution is -2.31. The van der Waals surface area contributed by atoms with Crippen LogP contribution in [0.2, 0.25) is 0 Å². The van der Waals surface area contributed by atoms with E-state index in [-0.39, 0.29) is 24.2 Å². The number of ketones is 1. The average Bonchev–Trinajstić information content (AvgIpc) is 3.42. The molecule has 1 saturated heterocycles. The van der Waals surface area contributed by atoms with Crippen molar-refractivity contribution in [2.45, 2.75) is 51.5 Å². The third kappa shape index (κ3) is 3.44. The number of benzene rings is 1. The number of hydrogen-bond donors (Lipinski definition) is 0. The molecule has 2 heterocycles. The molecule has 1 atom stereocenters. The monoisotopic (exact) mass is 365 g/mol. The average molecular weight is 365 g/mol. The van der Waals surface area contributed by atoms with Gasteiger partial charge in [0.15, 0.2) is 11.6 Å². The first kappa shape index (κ1) is 17.6. The normalized spacial score (nSPS) is 20.0.